The molecule has 0 unspecified atom stereocenters. The standard InChI is InChI=1S/C23H22N2O5/c1-2-15-6-5-7-16-17(12-24-23(15)16)19(26)13-30-22(28)10-11-25-18-8-3-4-9-20(18)29-14-21(25)27/h3-9,12,24H,2,10-11,13-14H2,1H3. The van der Waals surface area contributed by atoms with E-state index in [-0.39, 0.29) is 37.9 Å². The Balaban J connectivity index is 1.36. The molecule has 0 aliphatic carbocycles. The summed E-state index contributed by atoms with van der Waals surface area (Å²) in [4.78, 5) is 41.6. The van der Waals surface area contributed by atoms with Crippen LogP contribution in [0.2, 0.25) is 0 Å². The Kier molecular flexibility index (Phi) is 5.52. The van der Waals surface area contributed by atoms with Gasteiger partial charge >= 0.3 is 5.97 Å². The zero-order chi connectivity index (χ0) is 21.1. The molecular formula is C23H22N2O5. The van der Waals surface area contributed by atoms with Gasteiger partial charge in [-0.1, -0.05) is 37.3 Å². The smallest absolute Gasteiger partial charge is 0.308 e. The first kappa shape index (κ1) is 19.7. The fourth-order valence-corrected chi connectivity index (χ4v) is 3.64. The second-order valence-corrected chi connectivity index (χ2v) is 7.03. The van der Waals surface area contributed by atoms with Crippen LogP contribution in [-0.4, -0.2) is 42.4 Å². The number of ketones is 1. The van der Waals surface area contributed by atoms with Crippen molar-refractivity contribution in [1.82, 2.24) is 4.98 Å². The fourth-order valence-electron chi connectivity index (χ4n) is 3.64. The molecule has 0 saturated carbocycles. The SMILES string of the molecule is CCc1cccc2c(C(=O)COC(=O)CCN3C(=O)COc4ccccc43)c[nH]c12. The van der Waals surface area contributed by atoms with Crippen molar-refractivity contribution in [1.29, 1.82) is 0 Å². The number of Topliss-reactive ketones (excluding diaryl/α,β-unsaturated/α-hetero) is 1. The molecule has 1 aliphatic heterocycles. The zero-order valence-electron chi connectivity index (χ0n) is 16.6. The molecular weight excluding hydrogens is 384 g/mol. The van der Waals surface area contributed by atoms with Crippen molar-refractivity contribution >= 4 is 34.3 Å². The van der Waals surface area contributed by atoms with Gasteiger partial charge in [-0.05, 0) is 24.1 Å². The summed E-state index contributed by atoms with van der Waals surface area (Å²) in [5, 5.41) is 0.825. The van der Waals surface area contributed by atoms with Crippen LogP contribution in [0.5, 0.6) is 5.75 Å². The highest BCUT2D eigenvalue weighted by Gasteiger charge is 2.25. The van der Waals surface area contributed by atoms with Crippen LogP contribution in [0.3, 0.4) is 0 Å². The largest absolute Gasteiger partial charge is 0.482 e. The molecule has 1 amide bonds. The van der Waals surface area contributed by atoms with E-state index in [2.05, 4.69) is 11.9 Å². The van der Waals surface area contributed by atoms with Gasteiger partial charge in [0.15, 0.2) is 13.2 Å². The Hall–Kier alpha value is -3.61. The topological polar surface area (TPSA) is 88.7 Å². The number of aromatic amines is 1. The van der Waals surface area contributed by atoms with E-state index in [1.165, 1.54) is 4.90 Å². The van der Waals surface area contributed by atoms with Gasteiger partial charge in [-0.2, -0.15) is 0 Å². The molecule has 154 valence electrons. The van der Waals surface area contributed by atoms with Gasteiger partial charge in [-0.25, -0.2) is 0 Å². The van der Waals surface area contributed by atoms with Crippen molar-refractivity contribution in [2.45, 2.75) is 19.8 Å². The average Bonchev–Trinajstić information content (AvgIpc) is 3.21. The van der Waals surface area contributed by atoms with E-state index < -0.39 is 5.97 Å². The lowest BCUT2D eigenvalue weighted by atomic mass is 10.1. The van der Waals surface area contributed by atoms with Gasteiger partial charge in [-0.15, -0.1) is 0 Å². The van der Waals surface area contributed by atoms with E-state index in [0.717, 1.165) is 22.9 Å². The molecule has 0 spiro atoms. The van der Waals surface area contributed by atoms with E-state index in [1.54, 1.807) is 24.4 Å². The van der Waals surface area contributed by atoms with E-state index in [9.17, 15) is 14.4 Å². The lowest BCUT2D eigenvalue weighted by Gasteiger charge is -2.28. The number of aryl methyl sites for hydroxylation is 1. The maximum absolute atomic E-state index is 12.6. The molecule has 1 N–H and O–H groups in total. The van der Waals surface area contributed by atoms with Crippen LogP contribution in [0, 0.1) is 0 Å². The molecule has 0 atom stereocenters. The van der Waals surface area contributed by atoms with Crippen molar-refractivity contribution in [2.24, 2.45) is 0 Å². The van der Waals surface area contributed by atoms with E-state index >= 15 is 0 Å². The molecule has 7 nitrogen and oxygen atoms in total. The number of nitrogens with zero attached hydrogens (tertiary/aromatic N) is 1. The number of hydrogen-bond donors (Lipinski definition) is 1. The molecule has 0 bridgehead atoms. The number of aromatic nitrogens is 1. The van der Waals surface area contributed by atoms with Gasteiger partial charge in [-0.3, -0.25) is 14.4 Å². The van der Waals surface area contributed by atoms with Crippen LogP contribution < -0.4 is 9.64 Å². The van der Waals surface area contributed by atoms with E-state index in [1.807, 2.05) is 24.3 Å². The van der Waals surface area contributed by atoms with Crippen LogP contribution >= 0.6 is 0 Å². The first-order valence-corrected chi connectivity index (χ1v) is 9.88. The highest BCUT2D eigenvalue weighted by molar-refractivity contribution is 6.09. The van der Waals surface area contributed by atoms with E-state index in [0.29, 0.717) is 17.0 Å². The summed E-state index contributed by atoms with van der Waals surface area (Å²) in [6.07, 6.45) is 2.49. The summed E-state index contributed by atoms with van der Waals surface area (Å²) in [6, 6.07) is 13.0. The van der Waals surface area contributed by atoms with Crippen molar-refractivity contribution < 1.29 is 23.9 Å². The van der Waals surface area contributed by atoms with Crippen LogP contribution in [0.15, 0.2) is 48.7 Å². The molecule has 7 heteroatoms. The third-order valence-electron chi connectivity index (χ3n) is 5.20. The minimum absolute atomic E-state index is 0.0127. The molecule has 0 fully saturated rings. The third-order valence-corrected chi connectivity index (χ3v) is 5.20. The predicted molar refractivity (Wildman–Crippen MR) is 112 cm³/mol. The average molecular weight is 406 g/mol. The van der Waals surface area contributed by atoms with Crippen molar-refractivity contribution in [3.8, 4) is 5.75 Å². The number of amides is 1. The first-order valence-electron chi connectivity index (χ1n) is 9.88. The van der Waals surface area contributed by atoms with Crippen LogP contribution in [0.1, 0.15) is 29.3 Å². The number of ether oxygens (including phenoxy) is 2. The molecule has 1 aromatic heterocycles. The minimum Gasteiger partial charge on any atom is -0.482 e. The zero-order valence-corrected chi connectivity index (χ0v) is 16.6. The Morgan fingerprint density at radius 2 is 2.00 bits per heavy atom. The molecule has 2 aromatic carbocycles. The number of carbonyl (C=O) groups is 3. The van der Waals surface area contributed by atoms with Gasteiger partial charge < -0.3 is 19.4 Å². The second-order valence-electron chi connectivity index (χ2n) is 7.03. The van der Waals surface area contributed by atoms with Crippen LogP contribution in [0.25, 0.3) is 10.9 Å². The number of anilines is 1. The number of esters is 1. The minimum atomic E-state index is -0.533. The summed E-state index contributed by atoms with van der Waals surface area (Å²) in [5.74, 6) is -0.417. The van der Waals surface area contributed by atoms with Gasteiger partial charge in [0.2, 0.25) is 5.78 Å². The molecule has 2 heterocycles. The lowest BCUT2D eigenvalue weighted by Crippen LogP contribution is -2.40. The second kappa shape index (κ2) is 8.41. The number of H-pyrrole nitrogens is 1. The van der Waals surface area contributed by atoms with E-state index in [4.69, 9.17) is 9.47 Å². The fraction of sp³-hybridized carbons (Fsp3) is 0.261. The normalized spacial score (nSPS) is 13.1. The summed E-state index contributed by atoms with van der Waals surface area (Å²) >= 11 is 0. The van der Waals surface area contributed by atoms with Crippen molar-refractivity contribution in [2.75, 3.05) is 24.7 Å². The maximum Gasteiger partial charge on any atom is 0.308 e. The Labute approximate surface area is 173 Å². The predicted octanol–water partition coefficient (Wildman–Crippen LogP) is 3.27. The Morgan fingerprint density at radius 3 is 2.83 bits per heavy atom. The number of hydrogen-bond acceptors (Lipinski definition) is 5. The summed E-state index contributed by atoms with van der Waals surface area (Å²) < 4.78 is 10.6. The quantitative estimate of drug-likeness (QED) is 0.481. The number of rotatable bonds is 7. The molecule has 3 aromatic rings. The first-order chi connectivity index (χ1) is 14.6. The lowest BCUT2D eigenvalue weighted by molar-refractivity contribution is -0.142. The number of carbonyl (C=O) groups excluding carboxylic acids is 3. The Bertz CT molecular complexity index is 1120. The number of nitrogens with one attached hydrogen (secondary N) is 1. The van der Waals surface area contributed by atoms with Crippen LogP contribution in [0.4, 0.5) is 5.69 Å². The number of benzene rings is 2. The van der Waals surface area contributed by atoms with Crippen LogP contribution in [-0.2, 0) is 20.7 Å². The highest BCUT2D eigenvalue weighted by atomic mass is 16.5. The summed E-state index contributed by atoms with van der Waals surface area (Å²) in [5.41, 5.74) is 3.19. The van der Waals surface area contributed by atoms with Gasteiger partial charge in [0, 0.05) is 29.2 Å². The molecule has 0 radical (unpaired) electrons. The van der Waals surface area contributed by atoms with Gasteiger partial charge in [0.1, 0.15) is 5.75 Å². The molecule has 30 heavy (non-hydrogen) atoms. The summed E-state index contributed by atoms with van der Waals surface area (Å²) in [7, 11) is 0. The summed E-state index contributed by atoms with van der Waals surface area (Å²) in [6.45, 7) is 1.82. The molecule has 4 rings (SSSR count). The maximum atomic E-state index is 12.6. The Morgan fingerprint density at radius 1 is 1.17 bits per heavy atom. The van der Waals surface area contributed by atoms with Crippen molar-refractivity contribution in [3.63, 3.8) is 0 Å². The van der Waals surface area contributed by atoms with Gasteiger partial charge in [0.05, 0.1) is 12.1 Å². The monoisotopic (exact) mass is 406 g/mol. The number of para-hydroxylation sites is 3. The molecule has 0 saturated heterocycles. The highest BCUT2D eigenvalue weighted by Crippen LogP contribution is 2.31. The third kappa shape index (κ3) is 3.78. The molecule has 1 aliphatic rings. The van der Waals surface area contributed by atoms with Gasteiger partial charge in [0.25, 0.3) is 5.91 Å². The van der Waals surface area contributed by atoms with Crippen molar-refractivity contribution in [3.05, 3.63) is 59.8 Å². The number of fused-ring (bicyclic) bond motifs is 2.